The van der Waals surface area contributed by atoms with Crippen LogP contribution in [0.3, 0.4) is 0 Å². The van der Waals surface area contributed by atoms with E-state index in [1.54, 1.807) is 0 Å². The zero-order valence-corrected chi connectivity index (χ0v) is 9.93. The van der Waals surface area contributed by atoms with E-state index in [0.29, 0.717) is 6.54 Å². The van der Waals surface area contributed by atoms with Crippen LogP contribution in [-0.4, -0.2) is 29.6 Å². The Bertz CT molecular complexity index is 434. The summed E-state index contributed by atoms with van der Waals surface area (Å²) >= 11 is 0. The number of aliphatic hydroxyl groups excluding tert-OH is 1. The number of carbonyl (C=O) groups excluding carboxylic acids is 2. The minimum atomic E-state index is -1.36. The highest BCUT2D eigenvalue weighted by molar-refractivity contribution is 5.82. The van der Waals surface area contributed by atoms with Crippen molar-refractivity contribution in [1.82, 2.24) is 5.32 Å². The number of hydrogen-bond acceptors (Lipinski definition) is 4. The number of benzene rings is 1. The molecule has 0 saturated heterocycles. The molecule has 0 heterocycles. The summed E-state index contributed by atoms with van der Waals surface area (Å²) in [6.45, 7) is 0.173. The van der Waals surface area contributed by atoms with Gasteiger partial charge in [-0.25, -0.2) is 0 Å². The molecule has 6 heteroatoms. The fourth-order valence-corrected chi connectivity index (χ4v) is 1.48. The van der Waals surface area contributed by atoms with Crippen LogP contribution < -0.4 is 16.8 Å². The Hall–Kier alpha value is -1.92. The van der Waals surface area contributed by atoms with E-state index in [4.69, 9.17) is 16.6 Å². The van der Waals surface area contributed by atoms with Gasteiger partial charge in [-0.2, -0.15) is 0 Å². The van der Waals surface area contributed by atoms with Crippen molar-refractivity contribution in [2.75, 3.05) is 6.54 Å². The van der Waals surface area contributed by atoms with Gasteiger partial charge in [0, 0.05) is 6.54 Å². The molecular formula is C12H17N3O3. The Balaban J connectivity index is 2.52. The van der Waals surface area contributed by atoms with Crippen molar-refractivity contribution in [2.45, 2.75) is 19.1 Å². The van der Waals surface area contributed by atoms with Gasteiger partial charge in [0.15, 0.2) is 0 Å². The molecule has 1 aromatic carbocycles. The van der Waals surface area contributed by atoms with Crippen molar-refractivity contribution in [3.63, 3.8) is 0 Å². The molecule has 18 heavy (non-hydrogen) atoms. The van der Waals surface area contributed by atoms with Gasteiger partial charge in [0.2, 0.25) is 11.8 Å². The van der Waals surface area contributed by atoms with Crippen molar-refractivity contribution in [2.24, 2.45) is 11.5 Å². The number of rotatable bonds is 6. The average Bonchev–Trinajstić information content (AvgIpc) is 2.36. The van der Waals surface area contributed by atoms with E-state index in [1.807, 2.05) is 24.3 Å². The maximum atomic E-state index is 11.6. The highest BCUT2D eigenvalue weighted by atomic mass is 16.3. The van der Waals surface area contributed by atoms with Crippen molar-refractivity contribution in [1.29, 1.82) is 0 Å². The first kappa shape index (κ1) is 14.1. The molecule has 0 radical (unpaired) electrons. The molecule has 0 spiro atoms. The largest absolute Gasteiger partial charge is 0.381 e. The molecule has 1 atom stereocenters. The lowest BCUT2D eigenvalue weighted by Crippen LogP contribution is -2.40. The topological polar surface area (TPSA) is 118 Å². The number of nitrogens with one attached hydrogen (secondary N) is 1. The first-order valence-electron chi connectivity index (χ1n) is 5.55. The smallest absolute Gasteiger partial charge is 0.248 e. The van der Waals surface area contributed by atoms with Gasteiger partial charge < -0.3 is 21.9 Å². The average molecular weight is 251 g/mol. The van der Waals surface area contributed by atoms with Crippen LogP contribution in [-0.2, 0) is 22.6 Å². The molecule has 1 rings (SSSR count). The maximum Gasteiger partial charge on any atom is 0.248 e. The van der Waals surface area contributed by atoms with Crippen LogP contribution in [0.2, 0.25) is 0 Å². The van der Waals surface area contributed by atoms with E-state index < -0.39 is 12.0 Å². The molecule has 1 unspecified atom stereocenters. The Morgan fingerprint density at radius 1 is 1.28 bits per heavy atom. The summed E-state index contributed by atoms with van der Waals surface area (Å²) in [5.41, 5.74) is 12.1. The Morgan fingerprint density at radius 2 is 1.89 bits per heavy atom. The van der Waals surface area contributed by atoms with Crippen LogP contribution in [0.5, 0.6) is 0 Å². The lowest BCUT2D eigenvalue weighted by atomic mass is 10.0. The summed E-state index contributed by atoms with van der Waals surface area (Å²) in [6, 6.07) is 7.33. The molecular weight excluding hydrogens is 234 g/mol. The van der Waals surface area contributed by atoms with Gasteiger partial charge in [-0.3, -0.25) is 9.59 Å². The third-order valence-electron chi connectivity index (χ3n) is 2.51. The van der Waals surface area contributed by atoms with Crippen LogP contribution in [0.15, 0.2) is 24.3 Å². The summed E-state index contributed by atoms with van der Waals surface area (Å²) in [6.07, 6.45) is -1.21. The molecule has 2 amide bonds. The van der Waals surface area contributed by atoms with Crippen LogP contribution in [0.4, 0.5) is 0 Å². The van der Waals surface area contributed by atoms with E-state index >= 15 is 0 Å². The molecule has 0 aliphatic rings. The summed E-state index contributed by atoms with van der Waals surface area (Å²) in [7, 11) is 0. The number of hydrogen-bond donors (Lipinski definition) is 4. The van der Waals surface area contributed by atoms with Gasteiger partial charge in [-0.15, -0.1) is 0 Å². The number of amides is 2. The van der Waals surface area contributed by atoms with Gasteiger partial charge in [0.1, 0.15) is 6.10 Å². The minimum Gasteiger partial charge on any atom is -0.381 e. The van der Waals surface area contributed by atoms with Gasteiger partial charge >= 0.3 is 0 Å². The van der Waals surface area contributed by atoms with Crippen LogP contribution in [0, 0.1) is 0 Å². The van der Waals surface area contributed by atoms with E-state index in [0.717, 1.165) is 11.1 Å². The van der Waals surface area contributed by atoms with E-state index in [2.05, 4.69) is 5.32 Å². The number of carbonyl (C=O) groups is 2. The Kier molecular flexibility index (Phi) is 5.29. The number of primary amides is 1. The zero-order chi connectivity index (χ0) is 13.5. The van der Waals surface area contributed by atoms with Crippen LogP contribution in [0.25, 0.3) is 0 Å². The predicted octanol–water partition coefficient (Wildman–Crippen LogP) is -1.35. The van der Waals surface area contributed by atoms with Gasteiger partial charge in [-0.1, -0.05) is 24.3 Å². The minimum absolute atomic E-state index is 0.152. The highest BCUT2D eigenvalue weighted by Gasteiger charge is 2.13. The molecule has 6 nitrogen and oxygen atoms in total. The normalized spacial score (nSPS) is 11.9. The Morgan fingerprint density at radius 3 is 2.44 bits per heavy atom. The molecule has 0 fully saturated rings. The van der Waals surface area contributed by atoms with Crippen molar-refractivity contribution in [3.8, 4) is 0 Å². The molecule has 1 aromatic rings. The van der Waals surface area contributed by atoms with E-state index in [1.165, 1.54) is 0 Å². The second-order valence-corrected chi connectivity index (χ2v) is 3.87. The molecule has 0 bridgehead atoms. The highest BCUT2D eigenvalue weighted by Crippen LogP contribution is 2.08. The van der Waals surface area contributed by atoms with Crippen molar-refractivity contribution < 1.29 is 14.7 Å². The fraction of sp³-hybridized carbons (Fsp3) is 0.333. The molecule has 98 valence electrons. The standard InChI is InChI=1S/C12H17N3O3/c13-6-9-4-2-1-3-8(9)5-11(17)15-7-10(16)12(14)18/h1-4,10,16H,5-7,13H2,(H2,14,18)(H,15,17). The second kappa shape index (κ2) is 6.73. The Labute approximate surface area is 105 Å². The molecule has 0 aliphatic heterocycles. The summed E-state index contributed by atoms with van der Waals surface area (Å²) in [5, 5.41) is 11.6. The van der Waals surface area contributed by atoms with Crippen LogP contribution in [0.1, 0.15) is 11.1 Å². The number of nitrogens with two attached hydrogens (primary N) is 2. The van der Waals surface area contributed by atoms with Crippen molar-refractivity contribution in [3.05, 3.63) is 35.4 Å². The third-order valence-corrected chi connectivity index (χ3v) is 2.51. The quantitative estimate of drug-likeness (QED) is 0.500. The van der Waals surface area contributed by atoms with E-state index in [9.17, 15) is 9.59 Å². The predicted molar refractivity (Wildman–Crippen MR) is 66.2 cm³/mol. The SMILES string of the molecule is NCc1ccccc1CC(=O)NCC(O)C(N)=O. The summed E-state index contributed by atoms with van der Waals surface area (Å²) < 4.78 is 0. The van der Waals surface area contributed by atoms with Gasteiger partial charge in [-0.05, 0) is 11.1 Å². The van der Waals surface area contributed by atoms with Crippen LogP contribution >= 0.6 is 0 Å². The first-order valence-corrected chi connectivity index (χ1v) is 5.55. The van der Waals surface area contributed by atoms with E-state index in [-0.39, 0.29) is 18.9 Å². The molecule has 6 N–H and O–H groups in total. The first-order chi connectivity index (χ1) is 8.54. The third kappa shape index (κ3) is 4.15. The monoisotopic (exact) mass is 251 g/mol. The summed E-state index contributed by atoms with van der Waals surface area (Å²) in [4.78, 5) is 22.2. The molecule has 0 aromatic heterocycles. The second-order valence-electron chi connectivity index (χ2n) is 3.87. The fourth-order valence-electron chi connectivity index (χ4n) is 1.48. The van der Waals surface area contributed by atoms with Crippen molar-refractivity contribution >= 4 is 11.8 Å². The lowest BCUT2D eigenvalue weighted by Gasteiger charge is -2.10. The molecule has 0 saturated carbocycles. The lowest BCUT2D eigenvalue weighted by molar-refractivity contribution is -0.126. The van der Waals surface area contributed by atoms with Gasteiger partial charge in [0.05, 0.1) is 13.0 Å². The maximum absolute atomic E-state index is 11.6. The zero-order valence-electron chi connectivity index (χ0n) is 9.93. The number of aliphatic hydroxyl groups is 1. The molecule has 0 aliphatic carbocycles. The van der Waals surface area contributed by atoms with Gasteiger partial charge in [0.25, 0.3) is 0 Å². The summed E-state index contributed by atoms with van der Waals surface area (Å²) in [5.74, 6) is -1.16.